The van der Waals surface area contributed by atoms with E-state index in [1.54, 1.807) is 0 Å². The molecule has 3 nitrogen and oxygen atoms in total. The summed E-state index contributed by atoms with van der Waals surface area (Å²) in [5.41, 5.74) is 0. The molecule has 0 aliphatic heterocycles. The van der Waals surface area contributed by atoms with Gasteiger partial charge in [0.15, 0.2) is 0 Å². The molecule has 0 aliphatic carbocycles. The van der Waals surface area contributed by atoms with E-state index in [0.29, 0.717) is 6.42 Å². The SMILES string of the molecule is CCCCCCCCCCCCCC(C[C]=O)OC(=O)CCCCCCCCCCC. The van der Waals surface area contributed by atoms with E-state index in [2.05, 4.69) is 13.8 Å². The van der Waals surface area contributed by atoms with Crippen molar-refractivity contribution in [3.8, 4) is 0 Å². The average molecular weight is 438 g/mol. The van der Waals surface area contributed by atoms with Crippen LogP contribution >= 0.6 is 0 Å². The zero-order chi connectivity index (χ0) is 22.8. The van der Waals surface area contributed by atoms with E-state index in [-0.39, 0.29) is 18.5 Å². The molecule has 0 rings (SSSR count). The highest BCUT2D eigenvalue weighted by Gasteiger charge is 2.14. The zero-order valence-corrected chi connectivity index (χ0v) is 21.1. The number of hydrogen-bond acceptors (Lipinski definition) is 3. The number of carbonyl (C=O) groups is 1. The maximum absolute atomic E-state index is 12.1. The monoisotopic (exact) mass is 437 g/mol. The first-order valence-corrected chi connectivity index (χ1v) is 13.8. The van der Waals surface area contributed by atoms with Crippen LogP contribution in [0.4, 0.5) is 0 Å². The van der Waals surface area contributed by atoms with Gasteiger partial charge in [0.1, 0.15) is 6.10 Å². The molecule has 3 heteroatoms. The fourth-order valence-corrected chi connectivity index (χ4v) is 4.16. The van der Waals surface area contributed by atoms with Gasteiger partial charge in [0.2, 0.25) is 6.29 Å². The van der Waals surface area contributed by atoms with Gasteiger partial charge in [0.25, 0.3) is 0 Å². The van der Waals surface area contributed by atoms with Gasteiger partial charge in [-0.2, -0.15) is 0 Å². The van der Waals surface area contributed by atoms with Gasteiger partial charge in [-0.25, -0.2) is 0 Å². The predicted molar refractivity (Wildman–Crippen MR) is 133 cm³/mol. The Bertz CT molecular complexity index is 380. The van der Waals surface area contributed by atoms with Gasteiger partial charge in [-0.1, -0.05) is 129 Å². The molecule has 0 saturated carbocycles. The minimum atomic E-state index is -0.262. The third kappa shape index (κ3) is 23.6. The van der Waals surface area contributed by atoms with E-state index in [4.69, 9.17) is 4.74 Å². The maximum atomic E-state index is 12.1. The number of unbranched alkanes of at least 4 members (excludes halogenated alkanes) is 18. The first-order valence-electron chi connectivity index (χ1n) is 13.8. The fourth-order valence-electron chi connectivity index (χ4n) is 4.16. The van der Waals surface area contributed by atoms with Crippen molar-refractivity contribution in [1.29, 1.82) is 0 Å². The fraction of sp³-hybridized carbons (Fsp3) is 0.929. The summed E-state index contributed by atoms with van der Waals surface area (Å²) in [5.74, 6) is -0.133. The molecule has 31 heavy (non-hydrogen) atoms. The Morgan fingerprint density at radius 3 is 1.42 bits per heavy atom. The molecule has 0 aromatic carbocycles. The molecule has 0 N–H and O–H groups in total. The lowest BCUT2D eigenvalue weighted by Crippen LogP contribution is -2.18. The normalized spacial score (nSPS) is 12.1. The van der Waals surface area contributed by atoms with Gasteiger partial charge in [0.05, 0.1) is 6.42 Å². The Morgan fingerprint density at radius 2 is 1.00 bits per heavy atom. The quantitative estimate of drug-likeness (QED) is 0.106. The van der Waals surface area contributed by atoms with Crippen LogP contribution in [-0.2, 0) is 14.3 Å². The van der Waals surface area contributed by atoms with Crippen LogP contribution < -0.4 is 0 Å². The second-order valence-electron chi connectivity index (χ2n) is 9.36. The summed E-state index contributed by atoms with van der Waals surface area (Å²) < 4.78 is 5.55. The summed E-state index contributed by atoms with van der Waals surface area (Å²) in [6.07, 6.45) is 28.7. The first-order chi connectivity index (χ1) is 15.2. The highest BCUT2D eigenvalue weighted by Crippen LogP contribution is 2.16. The molecule has 0 amide bonds. The predicted octanol–water partition coefficient (Wildman–Crippen LogP) is 9.02. The summed E-state index contributed by atoms with van der Waals surface area (Å²) in [6.45, 7) is 4.51. The third-order valence-electron chi connectivity index (χ3n) is 6.22. The Hall–Kier alpha value is -0.860. The average Bonchev–Trinajstić information content (AvgIpc) is 2.76. The maximum Gasteiger partial charge on any atom is 0.306 e. The molecular formula is C28H53O3. The minimum Gasteiger partial charge on any atom is -0.462 e. The van der Waals surface area contributed by atoms with Crippen molar-refractivity contribution in [2.24, 2.45) is 0 Å². The molecule has 1 unspecified atom stereocenters. The summed E-state index contributed by atoms with van der Waals surface area (Å²) in [6, 6.07) is 0. The molecule has 0 fully saturated rings. The second kappa shape index (κ2) is 25.4. The zero-order valence-electron chi connectivity index (χ0n) is 21.1. The largest absolute Gasteiger partial charge is 0.462 e. The van der Waals surface area contributed by atoms with Crippen LogP contribution in [0.2, 0.25) is 0 Å². The Morgan fingerprint density at radius 1 is 0.613 bits per heavy atom. The summed E-state index contributed by atoms with van der Waals surface area (Å²) in [5, 5.41) is 0. The van der Waals surface area contributed by atoms with Gasteiger partial charge in [-0.05, 0) is 19.3 Å². The minimum absolute atomic E-state index is 0.133. The Labute approximate surface area is 194 Å². The van der Waals surface area contributed by atoms with Gasteiger partial charge in [-0.15, -0.1) is 0 Å². The summed E-state index contributed by atoms with van der Waals surface area (Å²) in [7, 11) is 0. The van der Waals surface area contributed by atoms with E-state index < -0.39 is 0 Å². The molecule has 0 aromatic heterocycles. The van der Waals surface area contributed by atoms with Crippen molar-refractivity contribution in [1.82, 2.24) is 0 Å². The second-order valence-corrected chi connectivity index (χ2v) is 9.36. The number of ether oxygens (including phenoxy) is 1. The van der Waals surface area contributed by atoms with Crippen LogP contribution in [-0.4, -0.2) is 18.4 Å². The molecule has 183 valence electrons. The molecule has 0 aliphatic rings. The van der Waals surface area contributed by atoms with Crippen LogP contribution in [0.1, 0.15) is 162 Å². The Balaban J connectivity index is 3.59. The Kier molecular flexibility index (Phi) is 24.7. The lowest BCUT2D eigenvalue weighted by Gasteiger charge is -2.15. The van der Waals surface area contributed by atoms with Crippen LogP contribution in [0.25, 0.3) is 0 Å². The van der Waals surface area contributed by atoms with Crippen LogP contribution in [0, 0.1) is 0 Å². The topological polar surface area (TPSA) is 43.4 Å². The molecule has 1 atom stereocenters. The van der Waals surface area contributed by atoms with E-state index in [0.717, 1.165) is 25.7 Å². The molecular weight excluding hydrogens is 384 g/mol. The summed E-state index contributed by atoms with van der Waals surface area (Å²) >= 11 is 0. The van der Waals surface area contributed by atoms with E-state index in [1.807, 2.05) is 6.29 Å². The molecule has 0 spiro atoms. The van der Waals surface area contributed by atoms with Crippen molar-refractivity contribution in [3.05, 3.63) is 0 Å². The van der Waals surface area contributed by atoms with E-state index in [9.17, 15) is 9.59 Å². The number of carbonyl (C=O) groups excluding carboxylic acids is 2. The van der Waals surface area contributed by atoms with Crippen LogP contribution in [0.3, 0.4) is 0 Å². The molecule has 0 heterocycles. The van der Waals surface area contributed by atoms with E-state index in [1.165, 1.54) is 109 Å². The number of rotatable bonds is 25. The lowest BCUT2D eigenvalue weighted by atomic mass is 10.0. The van der Waals surface area contributed by atoms with Crippen molar-refractivity contribution in [2.45, 2.75) is 168 Å². The first kappa shape index (κ1) is 30.1. The van der Waals surface area contributed by atoms with Crippen LogP contribution in [0.15, 0.2) is 0 Å². The van der Waals surface area contributed by atoms with Gasteiger partial charge in [0, 0.05) is 6.42 Å². The van der Waals surface area contributed by atoms with Crippen molar-refractivity contribution in [2.75, 3.05) is 0 Å². The molecule has 1 radical (unpaired) electrons. The number of esters is 1. The molecule has 0 saturated heterocycles. The van der Waals surface area contributed by atoms with Crippen molar-refractivity contribution in [3.63, 3.8) is 0 Å². The molecule has 0 aromatic rings. The van der Waals surface area contributed by atoms with Crippen molar-refractivity contribution >= 4 is 12.3 Å². The smallest absolute Gasteiger partial charge is 0.306 e. The highest BCUT2D eigenvalue weighted by molar-refractivity contribution is 5.69. The standard InChI is InChI=1S/C28H53O3/c1-3-5-7-9-11-13-14-16-17-19-21-23-27(25-26-29)31-28(30)24-22-20-18-15-12-10-8-6-4-2/h27H,3-25H2,1-2H3. The third-order valence-corrected chi connectivity index (χ3v) is 6.22. The van der Waals surface area contributed by atoms with E-state index >= 15 is 0 Å². The van der Waals surface area contributed by atoms with Crippen LogP contribution in [0.5, 0.6) is 0 Å². The molecule has 0 bridgehead atoms. The summed E-state index contributed by atoms with van der Waals surface area (Å²) in [4.78, 5) is 22.9. The highest BCUT2D eigenvalue weighted by atomic mass is 16.5. The lowest BCUT2D eigenvalue weighted by molar-refractivity contribution is -0.149. The van der Waals surface area contributed by atoms with Gasteiger partial charge in [-0.3, -0.25) is 9.59 Å². The van der Waals surface area contributed by atoms with Gasteiger partial charge < -0.3 is 4.74 Å². The van der Waals surface area contributed by atoms with Crippen molar-refractivity contribution < 1.29 is 14.3 Å². The number of hydrogen-bond donors (Lipinski definition) is 0. The van der Waals surface area contributed by atoms with Gasteiger partial charge >= 0.3 is 5.97 Å².